The highest BCUT2D eigenvalue weighted by Gasteiger charge is 2.09. The average molecular weight is 265 g/mol. The Morgan fingerprint density at radius 2 is 1.89 bits per heavy atom. The molecule has 0 radical (unpaired) electrons. The summed E-state index contributed by atoms with van der Waals surface area (Å²) in [6.07, 6.45) is 2.39. The van der Waals surface area contributed by atoms with Crippen LogP contribution in [0.4, 0.5) is 0 Å². The van der Waals surface area contributed by atoms with Gasteiger partial charge in [-0.2, -0.15) is 0 Å². The molecule has 2 nitrogen and oxygen atoms in total. The van der Waals surface area contributed by atoms with Gasteiger partial charge in [-0.15, -0.1) is 0 Å². The second-order valence-corrected chi connectivity index (χ2v) is 5.45. The standard InChI is InChI=1S/C15H23NOS/c1-5-6-10(2)9-17-14-11(3)7-13(15(16)18)8-12(14)4/h7-8,10H,5-6,9H2,1-4H3,(H2,16,18). The highest BCUT2D eigenvalue weighted by atomic mass is 32.1. The Bertz CT molecular complexity index is 405. The smallest absolute Gasteiger partial charge is 0.125 e. The highest BCUT2D eigenvalue weighted by molar-refractivity contribution is 7.80. The van der Waals surface area contributed by atoms with Crippen LogP contribution in [0.15, 0.2) is 12.1 Å². The molecule has 1 aromatic carbocycles. The van der Waals surface area contributed by atoms with Gasteiger partial charge in [0.15, 0.2) is 0 Å². The van der Waals surface area contributed by atoms with Gasteiger partial charge >= 0.3 is 0 Å². The summed E-state index contributed by atoms with van der Waals surface area (Å²) < 4.78 is 5.93. The summed E-state index contributed by atoms with van der Waals surface area (Å²) in [6, 6.07) is 3.99. The van der Waals surface area contributed by atoms with Gasteiger partial charge in [0.2, 0.25) is 0 Å². The normalized spacial score (nSPS) is 12.2. The predicted molar refractivity (Wildman–Crippen MR) is 81.4 cm³/mol. The van der Waals surface area contributed by atoms with E-state index in [-0.39, 0.29) is 0 Å². The quantitative estimate of drug-likeness (QED) is 0.796. The maximum atomic E-state index is 5.93. The predicted octanol–water partition coefficient (Wildman–Crippen LogP) is 3.75. The van der Waals surface area contributed by atoms with E-state index >= 15 is 0 Å². The zero-order chi connectivity index (χ0) is 13.7. The Morgan fingerprint density at radius 3 is 2.33 bits per heavy atom. The van der Waals surface area contributed by atoms with Crippen molar-refractivity contribution < 1.29 is 4.74 Å². The van der Waals surface area contributed by atoms with Gasteiger partial charge in [0.1, 0.15) is 10.7 Å². The maximum absolute atomic E-state index is 5.93. The van der Waals surface area contributed by atoms with Crippen molar-refractivity contribution in [3.05, 3.63) is 28.8 Å². The molecule has 0 saturated heterocycles. The fourth-order valence-electron chi connectivity index (χ4n) is 2.12. The third-order valence-corrected chi connectivity index (χ3v) is 3.27. The minimum Gasteiger partial charge on any atom is -0.493 e. The van der Waals surface area contributed by atoms with Crippen molar-refractivity contribution in [2.45, 2.75) is 40.5 Å². The second-order valence-electron chi connectivity index (χ2n) is 5.01. The van der Waals surface area contributed by atoms with Crippen molar-refractivity contribution in [1.82, 2.24) is 0 Å². The van der Waals surface area contributed by atoms with E-state index in [2.05, 4.69) is 13.8 Å². The van der Waals surface area contributed by atoms with E-state index in [0.717, 1.165) is 29.0 Å². The van der Waals surface area contributed by atoms with Crippen LogP contribution in [-0.4, -0.2) is 11.6 Å². The third-order valence-electron chi connectivity index (χ3n) is 3.04. The molecule has 0 saturated carbocycles. The van der Waals surface area contributed by atoms with Gasteiger partial charge in [0, 0.05) is 5.56 Å². The first-order chi connectivity index (χ1) is 8.45. The third kappa shape index (κ3) is 3.98. The summed E-state index contributed by atoms with van der Waals surface area (Å²) in [4.78, 5) is 0.437. The molecular weight excluding hydrogens is 242 g/mol. The summed E-state index contributed by atoms with van der Waals surface area (Å²) in [5, 5.41) is 0. The lowest BCUT2D eigenvalue weighted by molar-refractivity contribution is 0.248. The lowest BCUT2D eigenvalue weighted by atomic mass is 10.0. The van der Waals surface area contributed by atoms with Crippen molar-refractivity contribution in [2.75, 3.05) is 6.61 Å². The van der Waals surface area contributed by atoms with Gasteiger partial charge in [-0.25, -0.2) is 0 Å². The Balaban J connectivity index is 2.81. The number of hydrogen-bond donors (Lipinski definition) is 1. The van der Waals surface area contributed by atoms with Crippen LogP contribution in [0.5, 0.6) is 5.75 Å². The molecule has 0 fully saturated rings. The monoisotopic (exact) mass is 265 g/mol. The van der Waals surface area contributed by atoms with E-state index in [4.69, 9.17) is 22.7 Å². The summed E-state index contributed by atoms with van der Waals surface area (Å²) >= 11 is 5.00. The Labute approximate surface area is 116 Å². The first-order valence-electron chi connectivity index (χ1n) is 6.49. The first kappa shape index (κ1) is 15.0. The van der Waals surface area contributed by atoms with Crippen molar-refractivity contribution in [3.63, 3.8) is 0 Å². The minimum atomic E-state index is 0.437. The number of thiocarbonyl (C=S) groups is 1. The second kappa shape index (κ2) is 6.74. The molecule has 2 N–H and O–H groups in total. The zero-order valence-electron chi connectivity index (χ0n) is 11.7. The Hall–Kier alpha value is -1.09. The molecule has 1 rings (SSSR count). The van der Waals surface area contributed by atoms with Crippen LogP contribution < -0.4 is 10.5 Å². The van der Waals surface area contributed by atoms with Crippen LogP contribution in [-0.2, 0) is 0 Å². The molecule has 0 aliphatic heterocycles. The van der Waals surface area contributed by atoms with Crippen LogP contribution in [0, 0.1) is 19.8 Å². The van der Waals surface area contributed by atoms with E-state index in [1.54, 1.807) is 0 Å². The molecule has 3 heteroatoms. The molecule has 0 aliphatic rings. The lowest BCUT2D eigenvalue weighted by Crippen LogP contribution is -2.12. The van der Waals surface area contributed by atoms with Crippen LogP contribution in [0.2, 0.25) is 0 Å². The van der Waals surface area contributed by atoms with Gasteiger partial charge in [-0.3, -0.25) is 0 Å². The van der Waals surface area contributed by atoms with Crippen LogP contribution in [0.1, 0.15) is 43.4 Å². The fraction of sp³-hybridized carbons (Fsp3) is 0.533. The van der Waals surface area contributed by atoms with Gasteiger partial charge in [0.05, 0.1) is 6.61 Å². The molecule has 1 unspecified atom stereocenters. The van der Waals surface area contributed by atoms with E-state index in [1.165, 1.54) is 12.8 Å². The minimum absolute atomic E-state index is 0.437. The van der Waals surface area contributed by atoms with Crippen molar-refractivity contribution in [3.8, 4) is 5.75 Å². The first-order valence-corrected chi connectivity index (χ1v) is 6.90. The van der Waals surface area contributed by atoms with E-state index in [9.17, 15) is 0 Å². The number of nitrogens with two attached hydrogens (primary N) is 1. The topological polar surface area (TPSA) is 35.2 Å². The number of ether oxygens (including phenoxy) is 1. The molecule has 0 aromatic heterocycles. The summed E-state index contributed by atoms with van der Waals surface area (Å²) in [6.45, 7) is 9.26. The molecule has 1 atom stereocenters. The zero-order valence-corrected chi connectivity index (χ0v) is 12.6. The molecule has 0 bridgehead atoms. The summed E-state index contributed by atoms with van der Waals surface area (Å²) in [5.74, 6) is 1.56. The maximum Gasteiger partial charge on any atom is 0.125 e. The van der Waals surface area contributed by atoms with Crippen LogP contribution >= 0.6 is 12.2 Å². The number of rotatable bonds is 6. The molecule has 0 aliphatic carbocycles. The number of aryl methyl sites for hydroxylation is 2. The van der Waals surface area contributed by atoms with Crippen LogP contribution in [0.25, 0.3) is 0 Å². The molecule has 0 heterocycles. The SMILES string of the molecule is CCCC(C)COc1c(C)cc(C(N)=S)cc1C. The van der Waals surface area contributed by atoms with Gasteiger partial charge < -0.3 is 10.5 Å². The summed E-state index contributed by atoms with van der Waals surface area (Å²) in [5.41, 5.74) is 8.76. The van der Waals surface area contributed by atoms with Crippen LogP contribution in [0.3, 0.4) is 0 Å². The number of benzene rings is 1. The van der Waals surface area contributed by atoms with E-state index < -0.39 is 0 Å². The molecule has 100 valence electrons. The fourth-order valence-corrected chi connectivity index (χ4v) is 2.24. The largest absolute Gasteiger partial charge is 0.493 e. The molecule has 1 aromatic rings. The van der Waals surface area contributed by atoms with Crippen molar-refractivity contribution >= 4 is 17.2 Å². The van der Waals surface area contributed by atoms with E-state index in [1.807, 2.05) is 26.0 Å². The van der Waals surface area contributed by atoms with Crippen molar-refractivity contribution in [1.29, 1.82) is 0 Å². The Morgan fingerprint density at radius 1 is 1.33 bits per heavy atom. The van der Waals surface area contributed by atoms with Gasteiger partial charge in [0.25, 0.3) is 0 Å². The van der Waals surface area contributed by atoms with Gasteiger partial charge in [-0.05, 0) is 49.4 Å². The molecule has 0 spiro atoms. The summed E-state index contributed by atoms with van der Waals surface area (Å²) in [7, 11) is 0. The lowest BCUT2D eigenvalue weighted by Gasteiger charge is -2.16. The highest BCUT2D eigenvalue weighted by Crippen LogP contribution is 2.25. The Kier molecular flexibility index (Phi) is 5.60. The van der Waals surface area contributed by atoms with Crippen molar-refractivity contribution in [2.24, 2.45) is 11.7 Å². The average Bonchev–Trinajstić information content (AvgIpc) is 2.27. The molecule has 0 amide bonds. The molecular formula is C15H23NOS. The van der Waals surface area contributed by atoms with E-state index in [0.29, 0.717) is 10.9 Å². The molecule has 18 heavy (non-hydrogen) atoms. The van der Waals surface area contributed by atoms with Gasteiger partial charge in [-0.1, -0.05) is 32.5 Å². The number of hydrogen-bond acceptors (Lipinski definition) is 2.